The molecule has 1 atom stereocenters. The Morgan fingerprint density at radius 1 is 1.14 bits per heavy atom. The Kier molecular flexibility index (Phi) is 5.39. The van der Waals surface area contributed by atoms with Crippen LogP contribution in [0.15, 0.2) is 52.3 Å². The Bertz CT molecular complexity index is 912. The van der Waals surface area contributed by atoms with Crippen molar-refractivity contribution < 1.29 is 14.1 Å². The van der Waals surface area contributed by atoms with E-state index in [1.165, 1.54) is 17.7 Å². The van der Waals surface area contributed by atoms with Crippen molar-refractivity contribution in [3.05, 3.63) is 53.6 Å². The van der Waals surface area contributed by atoms with Crippen molar-refractivity contribution in [1.82, 2.24) is 10.2 Å². The van der Waals surface area contributed by atoms with Gasteiger partial charge in [-0.15, -0.1) is 0 Å². The minimum atomic E-state index is -1.48. The SMILES string of the molecule is CN1C(=O)c2ccccc2[S@+]([O-])c2ccc(C(=O)NCCN3CCCC3)cc21. The van der Waals surface area contributed by atoms with Crippen LogP contribution in [0.25, 0.3) is 0 Å². The van der Waals surface area contributed by atoms with Gasteiger partial charge in [-0.1, -0.05) is 12.1 Å². The third-order valence-electron chi connectivity index (χ3n) is 5.32. The zero-order valence-electron chi connectivity index (χ0n) is 15.8. The van der Waals surface area contributed by atoms with Crippen molar-refractivity contribution in [2.24, 2.45) is 0 Å². The number of nitrogens with zero attached hydrogens (tertiary/aromatic N) is 2. The highest BCUT2D eigenvalue weighted by molar-refractivity contribution is 7.91. The van der Waals surface area contributed by atoms with Gasteiger partial charge in [-0.3, -0.25) is 9.59 Å². The molecular formula is C21H23N3O3S. The third-order valence-corrected chi connectivity index (χ3v) is 6.82. The summed E-state index contributed by atoms with van der Waals surface area (Å²) in [6.45, 7) is 3.61. The van der Waals surface area contributed by atoms with E-state index < -0.39 is 11.2 Å². The van der Waals surface area contributed by atoms with Crippen LogP contribution in [0, 0.1) is 0 Å². The lowest BCUT2D eigenvalue weighted by Gasteiger charge is -2.18. The van der Waals surface area contributed by atoms with Gasteiger partial charge in [-0.25, -0.2) is 0 Å². The van der Waals surface area contributed by atoms with E-state index >= 15 is 0 Å². The number of hydrogen-bond acceptors (Lipinski definition) is 4. The fourth-order valence-electron chi connectivity index (χ4n) is 3.73. The fourth-order valence-corrected chi connectivity index (χ4v) is 5.10. The number of rotatable bonds is 4. The average molecular weight is 398 g/mol. The van der Waals surface area contributed by atoms with Crippen LogP contribution in [0.3, 0.4) is 0 Å². The molecule has 7 heteroatoms. The Morgan fingerprint density at radius 2 is 1.89 bits per heavy atom. The third kappa shape index (κ3) is 3.53. The molecule has 1 N–H and O–H groups in total. The van der Waals surface area contributed by atoms with Gasteiger partial charge in [0.15, 0.2) is 9.79 Å². The second-order valence-corrected chi connectivity index (χ2v) is 8.53. The molecule has 2 aliphatic heterocycles. The normalized spacial score (nSPS) is 19.1. The Morgan fingerprint density at radius 3 is 2.68 bits per heavy atom. The van der Waals surface area contributed by atoms with E-state index in [9.17, 15) is 14.1 Å². The number of anilines is 1. The van der Waals surface area contributed by atoms with E-state index in [2.05, 4.69) is 10.2 Å². The summed E-state index contributed by atoms with van der Waals surface area (Å²) in [5, 5.41) is 2.94. The van der Waals surface area contributed by atoms with Gasteiger partial charge in [0.2, 0.25) is 0 Å². The summed E-state index contributed by atoms with van der Waals surface area (Å²) in [5.74, 6) is -0.412. The van der Waals surface area contributed by atoms with E-state index in [0.29, 0.717) is 33.2 Å². The standard InChI is InChI=1S/C21H23N3O3S/c1-23-17-14-15(20(25)22-10-13-24-11-4-5-12-24)8-9-19(17)28(27)18-7-3-2-6-16(18)21(23)26/h2-3,6-9,14H,4-5,10-13H2,1H3,(H,22,25)/t28-/m0/s1. The molecule has 0 unspecified atom stereocenters. The molecule has 2 amide bonds. The van der Waals surface area contributed by atoms with E-state index in [1.54, 1.807) is 49.5 Å². The molecule has 2 heterocycles. The van der Waals surface area contributed by atoms with Crippen molar-refractivity contribution >= 4 is 28.7 Å². The minimum Gasteiger partial charge on any atom is -0.606 e. The molecule has 0 aromatic heterocycles. The maximum absolute atomic E-state index is 13.0. The smallest absolute Gasteiger partial charge is 0.263 e. The zero-order chi connectivity index (χ0) is 19.7. The second kappa shape index (κ2) is 7.95. The van der Waals surface area contributed by atoms with Gasteiger partial charge < -0.3 is 19.7 Å². The maximum atomic E-state index is 13.0. The lowest BCUT2D eigenvalue weighted by Crippen LogP contribution is -2.33. The van der Waals surface area contributed by atoms with E-state index in [4.69, 9.17) is 0 Å². The van der Waals surface area contributed by atoms with Crippen molar-refractivity contribution in [3.8, 4) is 0 Å². The lowest BCUT2D eigenvalue weighted by atomic mass is 10.1. The van der Waals surface area contributed by atoms with Crippen LogP contribution >= 0.6 is 0 Å². The number of carbonyl (C=O) groups excluding carboxylic acids is 2. The number of likely N-dealkylation sites (tertiary alicyclic amines) is 1. The minimum absolute atomic E-state index is 0.185. The molecular weight excluding hydrogens is 374 g/mol. The summed E-state index contributed by atoms with van der Waals surface area (Å²) in [7, 11) is 1.65. The van der Waals surface area contributed by atoms with E-state index in [0.717, 1.165) is 19.6 Å². The van der Waals surface area contributed by atoms with Crippen molar-refractivity contribution in [2.75, 3.05) is 38.1 Å². The quantitative estimate of drug-likeness (QED) is 0.803. The first-order chi connectivity index (χ1) is 13.6. The van der Waals surface area contributed by atoms with Gasteiger partial charge in [-0.05, 0) is 56.3 Å². The van der Waals surface area contributed by atoms with Crippen molar-refractivity contribution in [3.63, 3.8) is 0 Å². The first-order valence-electron chi connectivity index (χ1n) is 9.50. The van der Waals surface area contributed by atoms with Crippen LogP contribution in [0.1, 0.15) is 33.6 Å². The number of carbonyl (C=O) groups is 2. The molecule has 0 aliphatic carbocycles. The number of amides is 2. The predicted molar refractivity (Wildman–Crippen MR) is 108 cm³/mol. The fraction of sp³-hybridized carbons (Fsp3) is 0.333. The topological polar surface area (TPSA) is 75.7 Å². The highest BCUT2D eigenvalue weighted by Crippen LogP contribution is 2.36. The summed E-state index contributed by atoms with van der Waals surface area (Å²) in [6.07, 6.45) is 2.44. The van der Waals surface area contributed by atoms with Gasteiger partial charge in [0.05, 0.1) is 5.56 Å². The van der Waals surface area contributed by atoms with Crippen LogP contribution in [0.4, 0.5) is 5.69 Å². The Hall–Kier alpha value is -2.35. The molecule has 0 spiro atoms. The molecule has 2 aromatic rings. The monoisotopic (exact) mass is 397 g/mol. The highest BCUT2D eigenvalue weighted by atomic mass is 32.2. The van der Waals surface area contributed by atoms with E-state index in [1.807, 2.05) is 0 Å². The lowest BCUT2D eigenvalue weighted by molar-refractivity contribution is 0.0947. The maximum Gasteiger partial charge on any atom is 0.263 e. The molecule has 2 aliphatic rings. The summed E-state index contributed by atoms with van der Waals surface area (Å²) in [4.78, 5) is 30.2. The average Bonchev–Trinajstić information content (AvgIpc) is 3.22. The molecule has 2 aromatic carbocycles. The molecule has 0 radical (unpaired) electrons. The largest absolute Gasteiger partial charge is 0.606 e. The molecule has 0 saturated carbocycles. The highest BCUT2D eigenvalue weighted by Gasteiger charge is 2.34. The second-order valence-electron chi connectivity index (χ2n) is 7.12. The van der Waals surface area contributed by atoms with Gasteiger partial charge >= 0.3 is 0 Å². The van der Waals surface area contributed by atoms with Crippen LogP contribution in [0.5, 0.6) is 0 Å². The molecule has 1 fully saturated rings. The first-order valence-corrected chi connectivity index (χ1v) is 10.6. The number of fused-ring (bicyclic) bond motifs is 2. The molecule has 1 saturated heterocycles. The van der Waals surface area contributed by atoms with Crippen LogP contribution < -0.4 is 10.2 Å². The zero-order valence-corrected chi connectivity index (χ0v) is 16.6. The van der Waals surface area contributed by atoms with Crippen molar-refractivity contribution in [2.45, 2.75) is 22.6 Å². The van der Waals surface area contributed by atoms with Gasteiger partial charge in [0, 0.05) is 36.9 Å². The Balaban J connectivity index is 1.56. The van der Waals surface area contributed by atoms with Crippen molar-refractivity contribution in [1.29, 1.82) is 0 Å². The number of benzene rings is 2. The van der Waals surface area contributed by atoms with E-state index in [-0.39, 0.29) is 11.8 Å². The summed E-state index contributed by atoms with van der Waals surface area (Å²) >= 11 is -1.48. The molecule has 146 valence electrons. The van der Waals surface area contributed by atoms with Gasteiger partial charge in [0.25, 0.3) is 11.8 Å². The van der Waals surface area contributed by atoms with Gasteiger partial charge in [-0.2, -0.15) is 0 Å². The Labute approximate surface area is 167 Å². The van der Waals surface area contributed by atoms with Crippen LogP contribution in [-0.4, -0.2) is 54.5 Å². The van der Waals surface area contributed by atoms with Gasteiger partial charge in [0.1, 0.15) is 5.69 Å². The molecule has 4 rings (SSSR count). The number of hydrogen-bond donors (Lipinski definition) is 1. The van der Waals surface area contributed by atoms with Crippen LogP contribution in [-0.2, 0) is 11.2 Å². The van der Waals surface area contributed by atoms with Crippen LogP contribution in [0.2, 0.25) is 0 Å². The molecule has 28 heavy (non-hydrogen) atoms. The predicted octanol–water partition coefficient (Wildman–Crippen LogP) is 2.27. The summed E-state index contributed by atoms with van der Waals surface area (Å²) < 4.78 is 13.0. The number of nitrogens with one attached hydrogen (secondary N) is 1. The summed E-state index contributed by atoms with van der Waals surface area (Å²) in [6, 6.07) is 12.0. The molecule has 0 bridgehead atoms. The first kappa shape index (κ1) is 19.0. The summed E-state index contributed by atoms with van der Waals surface area (Å²) in [5.41, 5.74) is 1.39. The molecule has 6 nitrogen and oxygen atoms in total.